The standard InChI is InChI=1S/C29H27Cl2N5O3S/c1-17-25(27(37)35-23-9-3-4-10-24(23)39-2)26(36-13-6-14-40-29(36)32-17)18-7-5-8-19(15-18)33-28(38)34-20-11-12-21(30)22(31)16-20/h3-5,7-12,15-16,26H,6,13-14H2,1-2H3,(H,35,37)(H2,33,34,38). The third-order valence-electron chi connectivity index (χ3n) is 6.50. The lowest BCUT2D eigenvalue weighted by Gasteiger charge is -2.41. The maximum atomic E-state index is 13.8. The number of urea groups is 1. The second-order valence-corrected chi connectivity index (χ2v) is 11.1. The van der Waals surface area contributed by atoms with Crippen molar-refractivity contribution in [2.75, 3.05) is 35.4 Å². The molecule has 206 valence electrons. The number of halogens is 2. The molecule has 3 aromatic carbocycles. The minimum Gasteiger partial charge on any atom is -0.495 e. The van der Waals surface area contributed by atoms with E-state index in [9.17, 15) is 9.59 Å². The Labute approximate surface area is 246 Å². The zero-order valence-corrected chi connectivity index (χ0v) is 24.2. The number of ether oxygens (including phenoxy) is 1. The van der Waals surface area contributed by atoms with Gasteiger partial charge in [0.05, 0.1) is 40.2 Å². The van der Waals surface area contributed by atoms with Gasteiger partial charge in [-0.2, -0.15) is 0 Å². The number of thioether (sulfide) groups is 1. The first-order valence-corrected chi connectivity index (χ1v) is 14.3. The second kappa shape index (κ2) is 12.2. The second-order valence-electron chi connectivity index (χ2n) is 9.18. The molecule has 3 aromatic rings. The van der Waals surface area contributed by atoms with Crippen LogP contribution in [0.15, 0.2) is 83.0 Å². The molecule has 2 heterocycles. The van der Waals surface area contributed by atoms with E-state index < -0.39 is 12.1 Å². The van der Waals surface area contributed by atoms with Crippen LogP contribution in [0.3, 0.4) is 0 Å². The van der Waals surface area contributed by atoms with Crippen molar-refractivity contribution in [2.24, 2.45) is 4.99 Å². The summed E-state index contributed by atoms with van der Waals surface area (Å²) < 4.78 is 5.43. The molecule has 11 heteroatoms. The topological polar surface area (TPSA) is 95.1 Å². The Bertz CT molecular complexity index is 1530. The third-order valence-corrected chi connectivity index (χ3v) is 8.31. The highest BCUT2D eigenvalue weighted by atomic mass is 35.5. The maximum Gasteiger partial charge on any atom is 0.323 e. The van der Waals surface area contributed by atoms with Crippen molar-refractivity contribution in [1.29, 1.82) is 0 Å². The van der Waals surface area contributed by atoms with Gasteiger partial charge in [-0.3, -0.25) is 4.79 Å². The molecule has 0 saturated carbocycles. The molecule has 0 aliphatic carbocycles. The fourth-order valence-electron chi connectivity index (χ4n) is 4.70. The van der Waals surface area contributed by atoms with Gasteiger partial charge in [-0.15, -0.1) is 0 Å². The van der Waals surface area contributed by atoms with E-state index in [0.717, 1.165) is 29.4 Å². The van der Waals surface area contributed by atoms with Gasteiger partial charge in [-0.1, -0.05) is 59.2 Å². The summed E-state index contributed by atoms with van der Waals surface area (Å²) >= 11 is 13.7. The fraction of sp³-hybridized carbons (Fsp3) is 0.207. The monoisotopic (exact) mass is 595 g/mol. The number of fused-ring (bicyclic) bond motifs is 1. The Kier molecular flexibility index (Phi) is 8.54. The normalized spacial score (nSPS) is 16.6. The molecule has 0 radical (unpaired) electrons. The molecule has 3 amide bonds. The Morgan fingerprint density at radius 1 is 0.975 bits per heavy atom. The number of para-hydroxylation sites is 2. The number of carbonyl (C=O) groups excluding carboxylic acids is 2. The predicted molar refractivity (Wildman–Crippen MR) is 164 cm³/mol. The molecule has 3 N–H and O–H groups in total. The lowest BCUT2D eigenvalue weighted by molar-refractivity contribution is -0.113. The Morgan fingerprint density at radius 2 is 1.75 bits per heavy atom. The molecule has 2 aliphatic rings. The van der Waals surface area contributed by atoms with Crippen LogP contribution in [0.25, 0.3) is 0 Å². The molecule has 0 spiro atoms. The van der Waals surface area contributed by atoms with Crippen molar-refractivity contribution in [1.82, 2.24) is 4.90 Å². The van der Waals surface area contributed by atoms with Gasteiger partial charge in [-0.25, -0.2) is 9.79 Å². The largest absolute Gasteiger partial charge is 0.495 e. The average Bonchev–Trinajstić information content (AvgIpc) is 2.94. The van der Waals surface area contributed by atoms with E-state index in [1.165, 1.54) is 0 Å². The van der Waals surface area contributed by atoms with Crippen LogP contribution in [0.1, 0.15) is 24.9 Å². The van der Waals surface area contributed by atoms with Crippen LogP contribution in [0.4, 0.5) is 21.9 Å². The Morgan fingerprint density at radius 3 is 2.52 bits per heavy atom. The van der Waals surface area contributed by atoms with Crippen LogP contribution in [0, 0.1) is 0 Å². The number of anilines is 3. The van der Waals surface area contributed by atoms with E-state index in [4.69, 9.17) is 32.9 Å². The number of carbonyl (C=O) groups is 2. The molecule has 1 fully saturated rings. The molecule has 5 rings (SSSR count). The number of amidine groups is 1. The summed E-state index contributed by atoms with van der Waals surface area (Å²) in [5.41, 5.74) is 3.70. The third kappa shape index (κ3) is 6.06. The number of nitrogens with zero attached hydrogens (tertiary/aromatic N) is 2. The number of rotatable bonds is 6. The SMILES string of the molecule is COc1ccccc1NC(=O)C1=C(C)N=C2SCCCN2C1c1cccc(NC(=O)Nc2ccc(Cl)c(Cl)c2)c1. The molecule has 0 aromatic heterocycles. The number of benzene rings is 3. The van der Waals surface area contributed by atoms with Crippen molar-refractivity contribution in [3.63, 3.8) is 0 Å². The zero-order valence-electron chi connectivity index (χ0n) is 21.8. The molecule has 40 heavy (non-hydrogen) atoms. The van der Waals surface area contributed by atoms with Crippen molar-refractivity contribution in [3.05, 3.63) is 93.6 Å². The first-order valence-electron chi connectivity index (χ1n) is 12.6. The number of aliphatic imine (C=N–C) groups is 1. The van der Waals surface area contributed by atoms with Gasteiger partial charge >= 0.3 is 6.03 Å². The van der Waals surface area contributed by atoms with E-state index >= 15 is 0 Å². The van der Waals surface area contributed by atoms with Gasteiger partial charge in [-0.05, 0) is 61.4 Å². The van der Waals surface area contributed by atoms with E-state index in [0.29, 0.717) is 44.1 Å². The van der Waals surface area contributed by atoms with E-state index in [1.807, 2.05) is 37.3 Å². The van der Waals surface area contributed by atoms with Crippen LogP contribution in [0.2, 0.25) is 10.0 Å². The van der Waals surface area contributed by atoms with Crippen LogP contribution in [-0.4, -0.2) is 41.4 Å². The summed E-state index contributed by atoms with van der Waals surface area (Å²) in [6, 6.07) is 18.8. The van der Waals surface area contributed by atoms with Crippen molar-refractivity contribution in [2.45, 2.75) is 19.4 Å². The molecule has 2 aliphatic heterocycles. The molecular weight excluding hydrogens is 569 g/mol. The predicted octanol–water partition coefficient (Wildman–Crippen LogP) is 7.41. The first-order chi connectivity index (χ1) is 19.3. The highest BCUT2D eigenvalue weighted by Gasteiger charge is 2.37. The summed E-state index contributed by atoms with van der Waals surface area (Å²) in [5, 5.41) is 10.3. The van der Waals surface area contributed by atoms with E-state index in [1.54, 1.807) is 55.3 Å². The van der Waals surface area contributed by atoms with Crippen molar-refractivity contribution in [3.8, 4) is 5.75 Å². The van der Waals surface area contributed by atoms with Crippen LogP contribution >= 0.6 is 35.0 Å². The molecule has 1 saturated heterocycles. The summed E-state index contributed by atoms with van der Waals surface area (Å²) in [6.45, 7) is 2.61. The van der Waals surface area contributed by atoms with E-state index in [-0.39, 0.29) is 5.91 Å². The van der Waals surface area contributed by atoms with E-state index in [2.05, 4.69) is 20.9 Å². The number of hydrogen-bond donors (Lipinski definition) is 3. The van der Waals surface area contributed by atoms with Crippen LogP contribution in [-0.2, 0) is 4.79 Å². The minimum absolute atomic E-state index is 0.263. The molecular formula is C29H27Cl2N5O3S. The Balaban J connectivity index is 1.44. The summed E-state index contributed by atoms with van der Waals surface area (Å²) in [6.07, 6.45) is 0.963. The fourth-order valence-corrected chi connectivity index (χ4v) is 6.01. The maximum absolute atomic E-state index is 13.8. The van der Waals surface area contributed by atoms with Crippen molar-refractivity contribution >= 4 is 69.1 Å². The van der Waals surface area contributed by atoms with Gasteiger partial charge in [0.25, 0.3) is 5.91 Å². The number of amides is 3. The lowest BCUT2D eigenvalue weighted by Crippen LogP contribution is -2.43. The molecule has 1 atom stereocenters. The van der Waals surface area contributed by atoms with Gasteiger partial charge < -0.3 is 25.6 Å². The first kappa shape index (κ1) is 27.9. The Hall–Kier alpha value is -3.66. The van der Waals surface area contributed by atoms with Crippen molar-refractivity contribution < 1.29 is 14.3 Å². The average molecular weight is 597 g/mol. The number of allylic oxidation sites excluding steroid dienone is 1. The van der Waals surface area contributed by atoms with Gasteiger partial charge in [0.15, 0.2) is 5.17 Å². The number of hydrogen-bond acceptors (Lipinski definition) is 6. The minimum atomic E-state index is -0.434. The highest BCUT2D eigenvalue weighted by Crippen LogP contribution is 2.41. The molecule has 1 unspecified atom stereocenters. The number of nitrogens with one attached hydrogen (secondary N) is 3. The smallest absolute Gasteiger partial charge is 0.323 e. The zero-order chi connectivity index (χ0) is 28.2. The summed E-state index contributed by atoms with van der Waals surface area (Å²) in [7, 11) is 1.57. The lowest BCUT2D eigenvalue weighted by atomic mass is 9.93. The highest BCUT2D eigenvalue weighted by molar-refractivity contribution is 8.13. The van der Waals surface area contributed by atoms with Gasteiger partial charge in [0.2, 0.25) is 0 Å². The molecule has 0 bridgehead atoms. The summed E-state index contributed by atoms with van der Waals surface area (Å²) in [5.74, 6) is 1.27. The quantitative estimate of drug-likeness (QED) is 0.276. The van der Waals surface area contributed by atoms with Crippen LogP contribution < -0.4 is 20.7 Å². The number of methoxy groups -OCH3 is 1. The van der Waals surface area contributed by atoms with Gasteiger partial charge in [0, 0.05) is 23.7 Å². The molecule has 8 nitrogen and oxygen atoms in total. The van der Waals surface area contributed by atoms with Gasteiger partial charge in [0.1, 0.15) is 5.75 Å². The summed E-state index contributed by atoms with van der Waals surface area (Å²) in [4.78, 5) is 33.5. The van der Waals surface area contributed by atoms with Crippen LogP contribution in [0.5, 0.6) is 5.75 Å².